The lowest BCUT2D eigenvalue weighted by atomic mass is 9.95. The van der Waals surface area contributed by atoms with E-state index in [1.54, 1.807) is 30.3 Å². The van der Waals surface area contributed by atoms with Gasteiger partial charge in [0.25, 0.3) is 11.7 Å². The van der Waals surface area contributed by atoms with E-state index in [0.29, 0.717) is 23.5 Å². The van der Waals surface area contributed by atoms with Gasteiger partial charge in [-0.3, -0.25) is 14.5 Å². The van der Waals surface area contributed by atoms with E-state index in [0.717, 1.165) is 30.2 Å². The molecular formula is C28H24Cl2FNO4. The van der Waals surface area contributed by atoms with E-state index in [4.69, 9.17) is 27.9 Å². The molecule has 1 aliphatic rings. The van der Waals surface area contributed by atoms with Crippen LogP contribution in [0.3, 0.4) is 0 Å². The van der Waals surface area contributed by atoms with Crippen LogP contribution in [0.4, 0.5) is 10.1 Å². The molecule has 5 nitrogen and oxygen atoms in total. The summed E-state index contributed by atoms with van der Waals surface area (Å²) in [7, 11) is 0. The smallest absolute Gasteiger partial charge is 0.300 e. The maximum Gasteiger partial charge on any atom is 0.300 e. The van der Waals surface area contributed by atoms with Gasteiger partial charge >= 0.3 is 0 Å². The third-order valence-electron chi connectivity index (χ3n) is 5.93. The predicted molar refractivity (Wildman–Crippen MR) is 139 cm³/mol. The molecule has 1 fully saturated rings. The Bertz CT molecular complexity index is 1320. The minimum atomic E-state index is -1.05. The molecule has 0 aliphatic carbocycles. The van der Waals surface area contributed by atoms with Gasteiger partial charge in [-0.25, -0.2) is 4.39 Å². The number of ether oxygens (including phenoxy) is 1. The van der Waals surface area contributed by atoms with Gasteiger partial charge in [0.05, 0.1) is 28.3 Å². The number of unbranched alkanes of at least 4 members (excludes halogenated alkanes) is 2. The molecule has 1 aliphatic heterocycles. The first kappa shape index (κ1) is 25.7. The van der Waals surface area contributed by atoms with Crippen LogP contribution in [0, 0.1) is 5.82 Å². The van der Waals surface area contributed by atoms with Gasteiger partial charge in [-0.2, -0.15) is 0 Å². The quantitative estimate of drug-likeness (QED) is 0.144. The minimum Gasteiger partial charge on any atom is -0.507 e. The fourth-order valence-electron chi connectivity index (χ4n) is 4.13. The van der Waals surface area contributed by atoms with E-state index >= 15 is 0 Å². The fourth-order valence-corrected chi connectivity index (χ4v) is 4.44. The van der Waals surface area contributed by atoms with Crippen molar-refractivity contribution < 1.29 is 23.8 Å². The third-order valence-corrected chi connectivity index (χ3v) is 6.67. The Balaban J connectivity index is 1.78. The summed E-state index contributed by atoms with van der Waals surface area (Å²) in [5, 5.41) is 11.7. The Labute approximate surface area is 218 Å². The van der Waals surface area contributed by atoms with Crippen molar-refractivity contribution >= 4 is 46.3 Å². The summed E-state index contributed by atoms with van der Waals surface area (Å²) in [6.45, 7) is 2.69. The standard InChI is InChI=1S/C28H24Cl2FNO4/c1-2-3-4-14-36-21-11-8-17(9-12-21)26(33)24-25(18-10-13-22(29)23(30)15-18)32(28(35)27(24)34)20-7-5-6-19(31)16-20/h5-13,15-16,25,33H,2-4,14H2,1H3/b26-24-. The van der Waals surface area contributed by atoms with Crippen LogP contribution in [-0.2, 0) is 9.59 Å². The summed E-state index contributed by atoms with van der Waals surface area (Å²) in [6, 6.07) is 15.6. The number of benzene rings is 3. The SMILES string of the molecule is CCCCCOc1ccc(/C(O)=C2/C(=O)C(=O)N(c3cccc(F)c3)C2c2ccc(Cl)c(Cl)c2)cc1. The predicted octanol–water partition coefficient (Wildman–Crippen LogP) is 7.33. The molecular weight excluding hydrogens is 504 g/mol. The maximum absolute atomic E-state index is 14.0. The maximum atomic E-state index is 14.0. The number of halogens is 3. The van der Waals surface area contributed by atoms with E-state index in [9.17, 15) is 19.1 Å². The Morgan fingerprint density at radius 3 is 2.42 bits per heavy atom. The van der Waals surface area contributed by atoms with Crippen LogP contribution in [0.15, 0.2) is 72.3 Å². The molecule has 1 amide bonds. The Morgan fingerprint density at radius 2 is 1.75 bits per heavy atom. The molecule has 0 saturated carbocycles. The van der Waals surface area contributed by atoms with Crippen LogP contribution in [0.25, 0.3) is 5.76 Å². The molecule has 1 heterocycles. The number of aliphatic hydroxyl groups excluding tert-OH is 1. The Morgan fingerprint density at radius 1 is 1.00 bits per heavy atom. The largest absolute Gasteiger partial charge is 0.507 e. The molecule has 8 heteroatoms. The first-order valence-corrected chi connectivity index (χ1v) is 12.3. The summed E-state index contributed by atoms with van der Waals surface area (Å²) in [4.78, 5) is 27.5. The lowest BCUT2D eigenvalue weighted by Gasteiger charge is -2.25. The molecule has 4 rings (SSSR count). The zero-order valence-corrected chi connectivity index (χ0v) is 21.0. The summed E-state index contributed by atoms with van der Waals surface area (Å²) in [5.41, 5.74) is 0.797. The molecule has 36 heavy (non-hydrogen) atoms. The number of hydrogen-bond acceptors (Lipinski definition) is 4. The van der Waals surface area contributed by atoms with Crippen molar-refractivity contribution in [1.82, 2.24) is 0 Å². The molecule has 3 aromatic carbocycles. The zero-order chi connectivity index (χ0) is 25.8. The number of carbonyl (C=O) groups excluding carboxylic acids is 2. The van der Waals surface area contributed by atoms with Gasteiger partial charge in [-0.1, -0.05) is 55.1 Å². The molecule has 0 radical (unpaired) electrons. The number of hydrogen-bond donors (Lipinski definition) is 1. The molecule has 1 atom stereocenters. The highest BCUT2D eigenvalue weighted by atomic mass is 35.5. The normalized spacial score (nSPS) is 17.0. The third kappa shape index (κ3) is 5.25. The van der Waals surface area contributed by atoms with Crippen LogP contribution in [0.1, 0.15) is 43.4 Å². The van der Waals surface area contributed by atoms with Crippen LogP contribution in [-0.4, -0.2) is 23.4 Å². The van der Waals surface area contributed by atoms with Crippen LogP contribution < -0.4 is 9.64 Å². The van der Waals surface area contributed by atoms with Crippen molar-refractivity contribution in [2.45, 2.75) is 32.2 Å². The fraction of sp³-hybridized carbons (Fsp3) is 0.214. The molecule has 1 saturated heterocycles. The topological polar surface area (TPSA) is 66.8 Å². The van der Waals surface area contributed by atoms with Crippen molar-refractivity contribution in [3.05, 3.63) is 99.3 Å². The number of nitrogens with zero attached hydrogens (tertiary/aromatic N) is 1. The average molecular weight is 528 g/mol. The number of anilines is 1. The van der Waals surface area contributed by atoms with Gasteiger partial charge < -0.3 is 9.84 Å². The monoisotopic (exact) mass is 527 g/mol. The summed E-state index contributed by atoms with van der Waals surface area (Å²) in [6.07, 6.45) is 3.09. The van der Waals surface area contributed by atoms with E-state index in [-0.39, 0.29) is 27.1 Å². The second kappa shape index (κ2) is 11.1. The first-order chi connectivity index (χ1) is 17.3. The Hall–Kier alpha value is -3.35. The molecule has 3 aromatic rings. The lowest BCUT2D eigenvalue weighted by molar-refractivity contribution is -0.132. The van der Waals surface area contributed by atoms with Crippen molar-refractivity contribution in [3.8, 4) is 5.75 Å². The van der Waals surface area contributed by atoms with Crippen molar-refractivity contribution in [3.63, 3.8) is 0 Å². The summed E-state index contributed by atoms with van der Waals surface area (Å²) in [5.74, 6) is -2.09. The average Bonchev–Trinajstić information content (AvgIpc) is 3.14. The first-order valence-electron chi connectivity index (χ1n) is 11.6. The summed E-state index contributed by atoms with van der Waals surface area (Å²) >= 11 is 12.3. The van der Waals surface area contributed by atoms with Gasteiger partial charge in [-0.15, -0.1) is 0 Å². The molecule has 0 aromatic heterocycles. The highest BCUT2D eigenvalue weighted by molar-refractivity contribution is 6.51. The Kier molecular flexibility index (Phi) is 7.97. The van der Waals surface area contributed by atoms with Gasteiger partial charge in [0.2, 0.25) is 0 Å². The number of Topliss-reactive ketones (excluding diaryl/α,β-unsaturated/α-hetero) is 1. The van der Waals surface area contributed by atoms with Gasteiger partial charge in [0.15, 0.2) is 0 Å². The molecule has 0 spiro atoms. The number of rotatable bonds is 8. The molecule has 0 bridgehead atoms. The van der Waals surface area contributed by atoms with Crippen LogP contribution >= 0.6 is 23.2 Å². The van der Waals surface area contributed by atoms with Crippen molar-refractivity contribution in [1.29, 1.82) is 0 Å². The van der Waals surface area contributed by atoms with Crippen LogP contribution in [0.2, 0.25) is 10.0 Å². The molecule has 186 valence electrons. The van der Waals surface area contributed by atoms with Crippen molar-refractivity contribution in [2.24, 2.45) is 0 Å². The van der Waals surface area contributed by atoms with Gasteiger partial charge in [0.1, 0.15) is 17.3 Å². The second-order valence-corrected chi connectivity index (χ2v) is 9.22. The lowest BCUT2D eigenvalue weighted by Crippen LogP contribution is -2.29. The molecule has 1 unspecified atom stereocenters. The van der Waals surface area contributed by atoms with Gasteiger partial charge in [-0.05, 0) is 66.6 Å². The number of aliphatic hydroxyl groups is 1. The van der Waals surface area contributed by atoms with Crippen LogP contribution in [0.5, 0.6) is 5.75 Å². The highest BCUT2D eigenvalue weighted by Crippen LogP contribution is 2.43. The zero-order valence-electron chi connectivity index (χ0n) is 19.5. The number of carbonyl (C=O) groups is 2. The summed E-state index contributed by atoms with van der Waals surface area (Å²) < 4.78 is 19.8. The van der Waals surface area contributed by atoms with Crippen molar-refractivity contribution in [2.75, 3.05) is 11.5 Å². The highest BCUT2D eigenvalue weighted by Gasteiger charge is 2.47. The second-order valence-electron chi connectivity index (χ2n) is 8.40. The van der Waals surface area contributed by atoms with E-state index in [1.165, 1.54) is 30.3 Å². The minimum absolute atomic E-state index is 0.140. The van der Waals surface area contributed by atoms with E-state index in [1.807, 2.05) is 0 Å². The molecule has 1 N–H and O–H groups in total. The number of ketones is 1. The van der Waals surface area contributed by atoms with Gasteiger partial charge in [0, 0.05) is 11.3 Å². The van der Waals surface area contributed by atoms with E-state index < -0.39 is 23.5 Å². The number of amides is 1. The van der Waals surface area contributed by atoms with E-state index in [2.05, 4.69) is 6.92 Å².